The van der Waals surface area contributed by atoms with Crippen LogP contribution in [0, 0.1) is 23.0 Å². The molecule has 2 aliphatic heterocycles. The molecule has 264 valence electrons. The third-order valence-electron chi connectivity index (χ3n) is 9.06. The fourth-order valence-corrected chi connectivity index (χ4v) is 8.28. The zero-order valence-electron chi connectivity index (χ0n) is 28.0. The summed E-state index contributed by atoms with van der Waals surface area (Å²) in [4.78, 5) is 23.7. The molecule has 0 spiro atoms. The van der Waals surface area contributed by atoms with Gasteiger partial charge in [-0.2, -0.15) is 15.2 Å². The van der Waals surface area contributed by atoms with Crippen molar-refractivity contribution in [1.29, 1.82) is 5.26 Å². The highest BCUT2D eigenvalue weighted by molar-refractivity contribution is 7.23. The predicted octanol–water partition coefficient (Wildman–Crippen LogP) is 9.20. The van der Waals surface area contributed by atoms with Gasteiger partial charge in [-0.05, 0) is 63.4 Å². The van der Waals surface area contributed by atoms with Crippen LogP contribution in [0.1, 0.15) is 51.2 Å². The fraction of sp³-hybridized carbons (Fsp3) is 0.351. The second kappa shape index (κ2) is 13.5. The van der Waals surface area contributed by atoms with E-state index in [9.17, 15) is 14.4 Å². The molecule has 7 rings (SSSR count). The fourth-order valence-electron chi connectivity index (χ4n) is 6.91. The summed E-state index contributed by atoms with van der Waals surface area (Å²) in [6.07, 6.45) is 0.167. The lowest BCUT2D eigenvalue weighted by molar-refractivity contribution is 0.0636. The molecule has 5 aromatic rings. The zero-order valence-corrected chi connectivity index (χ0v) is 29.6. The quantitative estimate of drug-likeness (QED) is 0.168. The number of thiophene rings is 1. The van der Waals surface area contributed by atoms with Gasteiger partial charge in [-0.1, -0.05) is 48.0 Å². The second-order valence-electron chi connectivity index (χ2n) is 13.7. The number of ether oxygens (including phenoxy) is 3. The van der Waals surface area contributed by atoms with Gasteiger partial charge in [0.2, 0.25) is 5.88 Å². The van der Waals surface area contributed by atoms with Crippen molar-refractivity contribution in [2.75, 3.05) is 25.0 Å². The molecule has 0 bridgehead atoms. The van der Waals surface area contributed by atoms with Crippen LogP contribution in [0.3, 0.4) is 0 Å². The largest absolute Gasteiger partial charge is 0.472 e. The average Bonchev–Trinajstić information content (AvgIpc) is 3.73. The van der Waals surface area contributed by atoms with Crippen LogP contribution in [0.2, 0.25) is 5.02 Å². The summed E-state index contributed by atoms with van der Waals surface area (Å²) < 4.78 is 64.3. The lowest BCUT2D eigenvalue weighted by Crippen LogP contribution is -2.43. The molecule has 1 N–H and O–H groups in total. The molecule has 2 saturated heterocycles. The van der Waals surface area contributed by atoms with E-state index in [0.29, 0.717) is 13.0 Å². The summed E-state index contributed by atoms with van der Waals surface area (Å²) in [6, 6.07) is 15.1. The van der Waals surface area contributed by atoms with Crippen molar-refractivity contribution in [3.05, 3.63) is 76.3 Å². The van der Waals surface area contributed by atoms with Gasteiger partial charge in [0.15, 0.2) is 5.82 Å². The summed E-state index contributed by atoms with van der Waals surface area (Å²) in [6.45, 7) is 6.34. The van der Waals surface area contributed by atoms with E-state index in [1.54, 1.807) is 20.8 Å². The van der Waals surface area contributed by atoms with Crippen LogP contribution < -0.4 is 14.8 Å². The number of nitrogens with one attached hydrogen (secondary N) is 1. The summed E-state index contributed by atoms with van der Waals surface area (Å²) >= 11 is 7.62. The topological polar surface area (TPSA) is 110 Å². The maximum Gasteiger partial charge on any atom is 0.412 e. The Hall–Kier alpha value is -4.64. The Morgan fingerprint density at radius 1 is 1.18 bits per heavy atom. The van der Waals surface area contributed by atoms with Gasteiger partial charge in [0.05, 0.1) is 26.2 Å². The molecule has 4 heterocycles. The highest BCUT2D eigenvalue weighted by Crippen LogP contribution is 2.47. The Kier molecular flexibility index (Phi) is 9.20. The molecule has 1 amide bonds. The molecule has 3 aromatic carbocycles. The molecule has 2 atom stereocenters. The van der Waals surface area contributed by atoms with E-state index < -0.39 is 35.0 Å². The van der Waals surface area contributed by atoms with Gasteiger partial charge < -0.3 is 14.2 Å². The van der Waals surface area contributed by atoms with E-state index in [4.69, 9.17) is 25.8 Å². The first-order chi connectivity index (χ1) is 24.4. The maximum atomic E-state index is 17.0. The summed E-state index contributed by atoms with van der Waals surface area (Å²) in [5.74, 6) is -1.55. The van der Waals surface area contributed by atoms with Crippen LogP contribution >= 0.6 is 22.9 Å². The summed E-state index contributed by atoms with van der Waals surface area (Å²) in [5, 5.41) is 12.9. The zero-order chi connectivity index (χ0) is 36.1. The van der Waals surface area contributed by atoms with E-state index in [1.165, 1.54) is 12.1 Å². The number of anilines is 1. The standard InChI is InChI=1S/C37H33ClF3N5O4S/c1-36(2,3)50-35(47)45-33-24(16-42)27-22(10-11-26(40)31(27)51-33)28-25(38)14-23-30(29(28)41)43-34(44-32(23)48-18-20-8-5-4-6-9-20)49-19-37-12-7-13-46(37)17-21(39)15-37/h4-6,8-11,14,21H,7,12-13,15,17-19H2,1-3H3,(H,45,47)/t21-,37+/m1/s1. The second-order valence-corrected chi connectivity index (χ2v) is 15.2. The number of carbonyl (C=O) groups excluding carboxylic acids is 1. The van der Waals surface area contributed by atoms with Crippen LogP contribution in [0.4, 0.5) is 23.0 Å². The molecule has 2 fully saturated rings. The Morgan fingerprint density at radius 2 is 1.96 bits per heavy atom. The Labute approximate surface area is 300 Å². The number of carbonyl (C=O) groups is 1. The number of benzene rings is 3. The van der Waals surface area contributed by atoms with E-state index in [1.807, 2.05) is 36.4 Å². The number of amides is 1. The maximum absolute atomic E-state index is 17.0. The molecule has 51 heavy (non-hydrogen) atoms. The third kappa shape index (κ3) is 6.76. The smallest absolute Gasteiger partial charge is 0.412 e. The van der Waals surface area contributed by atoms with Crippen molar-refractivity contribution in [2.45, 2.75) is 64.0 Å². The van der Waals surface area contributed by atoms with Crippen molar-refractivity contribution < 1.29 is 32.2 Å². The Morgan fingerprint density at radius 3 is 2.71 bits per heavy atom. The van der Waals surface area contributed by atoms with Gasteiger partial charge >= 0.3 is 12.1 Å². The molecule has 2 aliphatic rings. The SMILES string of the molecule is CC(C)(C)OC(=O)Nc1sc2c(F)ccc(-c3c(Cl)cc4c(OCc5ccccc5)nc(OC[C@@]56CCCN5C[C@H](F)C6)nc4c3F)c2c1C#N. The first kappa shape index (κ1) is 34.8. The molecule has 2 aromatic heterocycles. The minimum Gasteiger partial charge on any atom is -0.472 e. The molecule has 0 radical (unpaired) electrons. The minimum absolute atomic E-state index is 0.00682. The summed E-state index contributed by atoms with van der Waals surface area (Å²) in [5.41, 5.74) is -0.825. The number of halogens is 4. The number of nitriles is 1. The van der Waals surface area contributed by atoms with Crippen LogP contribution in [0.25, 0.3) is 32.1 Å². The van der Waals surface area contributed by atoms with Crippen molar-refractivity contribution in [2.24, 2.45) is 0 Å². The number of aromatic nitrogens is 2. The lowest BCUT2D eigenvalue weighted by Gasteiger charge is -2.30. The molecule has 9 nitrogen and oxygen atoms in total. The van der Waals surface area contributed by atoms with E-state index in [2.05, 4.69) is 20.2 Å². The minimum atomic E-state index is -0.971. The summed E-state index contributed by atoms with van der Waals surface area (Å²) in [7, 11) is 0. The first-order valence-electron chi connectivity index (χ1n) is 16.4. The molecular formula is C37H33ClF3N5O4S. The van der Waals surface area contributed by atoms with Crippen molar-refractivity contribution >= 4 is 55.0 Å². The molecule has 0 unspecified atom stereocenters. The van der Waals surface area contributed by atoms with Crippen LogP contribution in [-0.4, -0.2) is 58.0 Å². The number of nitrogens with zero attached hydrogens (tertiary/aromatic N) is 4. The number of hydrogen-bond donors (Lipinski definition) is 1. The number of hydrogen-bond acceptors (Lipinski definition) is 9. The first-order valence-corrected chi connectivity index (χ1v) is 17.6. The lowest BCUT2D eigenvalue weighted by atomic mass is 9.95. The number of fused-ring (bicyclic) bond motifs is 3. The van der Waals surface area contributed by atoms with Gasteiger partial charge in [0.25, 0.3) is 0 Å². The predicted molar refractivity (Wildman–Crippen MR) is 189 cm³/mol. The highest BCUT2D eigenvalue weighted by Gasteiger charge is 2.49. The monoisotopic (exact) mass is 735 g/mol. The van der Waals surface area contributed by atoms with Crippen molar-refractivity contribution in [1.82, 2.24) is 14.9 Å². The van der Waals surface area contributed by atoms with Gasteiger partial charge in [-0.3, -0.25) is 10.2 Å². The number of alkyl halides is 1. The highest BCUT2D eigenvalue weighted by atomic mass is 35.5. The van der Waals surface area contributed by atoms with Crippen LogP contribution in [0.5, 0.6) is 11.9 Å². The molecule has 0 saturated carbocycles. The van der Waals surface area contributed by atoms with E-state index in [-0.39, 0.29) is 72.8 Å². The van der Waals surface area contributed by atoms with Gasteiger partial charge in [0.1, 0.15) is 47.4 Å². The Bertz CT molecular complexity index is 2210. The van der Waals surface area contributed by atoms with Crippen LogP contribution in [-0.2, 0) is 11.3 Å². The van der Waals surface area contributed by atoms with Gasteiger partial charge in [0, 0.05) is 23.9 Å². The molecule has 0 aliphatic carbocycles. The number of rotatable bonds is 8. The molecule has 14 heteroatoms. The van der Waals surface area contributed by atoms with Crippen LogP contribution in [0.15, 0.2) is 48.5 Å². The molecular weight excluding hydrogens is 703 g/mol. The van der Waals surface area contributed by atoms with Crippen molar-refractivity contribution in [3.8, 4) is 29.1 Å². The van der Waals surface area contributed by atoms with Gasteiger partial charge in [-0.15, -0.1) is 11.3 Å². The average molecular weight is 736 g/mol. The van der Waals surface area contributed by atoms with E-state index >= 15 is 8.78 Å². The normalized spacial score (nSPS) is 18.9. The third-order valence-corrected chi connectivity index (χ3v) is 10.5. The van der Waals surface area contributed by atoms with Gasteiger partial charge in [-0.25, -0.2) is 18.0 Å². The van der Waals surface area contributed by atoms with Crippen molar-refractivity contribution in [3.63, 3.8) is 0 Å². The Balaban J connectivity index is 1.34. The van der Waals surface area contributed by atoms with E-state index in [0.717, 1.165) is 42.4 Å².